The van der Waals surface area contributed by atoms with Crippen molar-refractivity contribution in [3.8, 4) is 0 Å². The standard InChI is InChI=1S/C18H16IN3O/c19-17-15-9-12(7-8-16(15)21-22-17)18(23)20-10-13-3-1-2-4-14(13)11-5-6-11/h1-4,7-9,11H,5-6,10H2,(H,20,23)(H,21,22). The molecule has 2 N–H and O–H groups in total. The maximum atomic E-state index is 12.4. The first kappa shape index (κ1) is 14.7. The molecule has 0 aliphatic heterocycles. The molecular weight excluding hydrogens is 401 g/mol. The molecule has 23 heavy (non-hydrogen) atoms. The van der Waals surface area contributed by atoms with E-state index in [0.29, 0.717) is 18.0 Å². The van der Waals surface area contributed by atoms with Gasteiger partial charge in [0.15, 0.2) is 0 Å². The third-order valence-corrected chi connectivity index (χ3v) is 5.11. The Morgan fingerprint density at radius 2 is 2.09 bits per heavy atom. The van der Waals surface area contributed by atoms with Crippen LogP contribution in [0, 0.1) is 3.70 Å². The third-order valence-electron chi connectivity index (χ3n) is 4.29. The summed E-state index contributed by atoms with van der Waals surface area (Å²) in [5, 5.41) is 11.1. The number of aromatic nitrogens is 2. The molecule has 1 saturated carbocycles. The average Bonchev–Trinajstić information content (AvgIpc) is 3.37. The number of halogens is 1. The van der Waals surface area contributed by atoms with Crippen molar-refractivity contribution >= 4 is 39.4 Å². The van der Waals surface area contributed by atoms with Crippen molar-refractivity contribution in [2.24, 2.45) is 0 Å². The maximum absolute atomic E-state index is 12.4. The lowest BCUT2D eigenvalue weighted by Crippen LogP contribution is -2.23. The van der Waals surface area contributed by atoms with Gasteiger partial charge in [-0.25, -0.2) is 0 Å². The number of aromatic amines is 1. The average molecular weight is 417 g/mol. The molecule has 1 aliphatic carbocycles. The van der Waals surface area contributed by atoms with Gasteiger partial charge in [-0.1, -0.05) is 24.3 Å². The second-order valence-corrected chi connectivity index (χ2v) is 6.95. The fourth-order valence-electron chi connectivity index (χ4n) is 2.89. The molecule has 3 aromatic rings. The van der Waals surface area contributed by atoms with Crippen molar-refractivity contribution in [3.05, 3.63) is 62.9 Å². The second kappa shape index (κ2) is 5.96. The lowest BCUT2D eigenvalue weighted by Gasteiger charge is -2.10. The summed E-state index contributed by atoms with van der Waals surface area (Å²) in [6, 6.07) is 14.0. The molecule has 0 atom stereocenters. The van der Waals surface area contributed by atoms with Gasteiger partial charge in [-0.05, 0) is 70.7 Å². The molecule has 1 aliphatic rings. The van der Waals surface area contributed by atoms with E-state index in [2.05, 4.69) is 56.3 Å². The summed E-state index contributed by atoms with van der Waals surface area (Å²) in [6.07, 6.45) is 2.53. The summed E-state index contributed by atoms with van der Waals surface area (Å²) in [6.45, 7) is 0.575. The Morgan fingerprint density at radius 1 is 1.26 bits per heavy atom. The number of carbonyl (C=O) groups is 1. The Bertz CT molecular complexity index is 883. The second-order valence-electron chi connectivity index (χ2n) is 5.93. The van der Waals surface area contributed by atoms with Crippen LogP contribution in [-0.2, 0) is 6.54 Å². The number of hydrogen-bond acceptors (Lipinski definition) is 2. The molecule has 1 amide bonds. The minimum atomic E-state index is -0.0468. The van der Waals surface area contributed by atoms with Crippen molar-refractivity contribution in [1.29, 1.82) is 0 Å². The number of nitrogens with zero attached hydrogens (tertiary/aromatic N) is 1. The fraction of sp³-hybridized carbons (Fsp3) is 0.222. The minimum Gasteiger partial charge on any atom is -0.348 e. The molecule has 1 fully saturated rings. The molecule has 0 saturated heterocycles. The summed E-state index contributed by atoms with van der Waals surface area (Å²) >= 11 is 2.17. The highest BCUT2D eigenvalue weighted by molar-refractivity contribution is 14.1. The summed E-state index contributed by atoms with van der Waals surface area (Å²) in [5.74, 6) is 0.640. The predicted molar refractivity (Wildman–Crippen MR) is 98.4 cm³/mol. The number of H-pyrrole nitrogens is 1. The quantitative estimate of drug-likeness (QED) is 0.632. The van der Waals surface area contributed by atoms with Gasteiger partial charge >= 0.3 is 0 Å². The summed E-state index contributed by atoms with van der Waals surface area (Å²) in [4.78, 5) is 12.4. The molecule has 4 nitrogen and oxygen atoms in total. The normalized spacial score (nSPS) is 14.1. The largest absolute Gasteiger partial charge is 0.348 e. The monoisotopic (exact) mass is 417 g/mol. The van der Waals surface area contributed by atoms with Gasteiger partial charge in [-0.3, -0.25) is 9.89 Å². The van der Waals surface area contributed by atoms with Crippen molar-refractivity contribution in [3.63, 3.8) is 0 Å². The zero-order chi connectivity index (χ0) is 15.8. The van der Waals surface area contributed by atoms with Crippen LogP contribution in [0.15, 0.2) is 42.5 Å². The zero-order valence-corrected chi connectivity index (χ0v) is 14.6. The fourth-order valence-corrected chi connectivity index (χ4v) is 3.46. The van der Waals surface area contributed by atoms with Gasteiger partial charge in [0.25, 0.3) is 5.91 Å². The van der Waals surface area contributed by atoms with Crippen molar-refractivity contribution in [2.75, 3.05) is 0 Å². The smallest absolute Gasteiger partial charge is 0.251 e. The lowest BCUT2D eigenvalue weighted by atomic mass is 10.0. The SMILES string of the molecule is O=C(NCc1ccccc1C1CC1)c1ccc2[nH]nc(I)c2c1. The van der Waals surface area contributed by atoms with E-state index in [1.807, 2.05) is 24.3 Å². The van der Waals surface area contributed by atoms with Crippen LogP contribution in [0.3, 0.4) is 0 Å². The van der Waals surface area contributed by atoms with Crippen molar-refractivity contribution in [1.82, 2.24) is 15.5 Å². The van der Waals surface area contributed by atoms with Crippen LogP contribution in [0.1, 0.15) is 40.2 Å². The van der Waals surface area contributed by atoms with E-state index in [1.54, 1.807) is 0 Å². The Labute approximate surface area is 147 Å². The molecule has 4 rings (SSSR count). The Balaban J connectivity index is 1.52. The molecule has 5 heteroatoms. The van der Waals surface area contributed by atoms with Crippen LogP contribution in [-0.4, -0.2) is 16.1 Å². The molecule has 0 radical (unpaired) electrons. The number of fused-ring (bicyclic) bond motifs is 1. The van der Waals surface area contributed by atoms with Crippen LogP contribution < -0.4 is 5.32 Å². The van der Waals surface area contributed by atoms with Gasteiger partial charge in [0.1, 0.15) is 3.70 Å². The molecule has 2 aromatic carbocycles. The van der Waals surface area contributed by atoms with Gasteiger partial charge in [-0.2, -0.15) is 5.10 Å². The highest BCUT2D eigenvalue weighted by Gasteiger charge is 2.25. The van der Waals surface area contributed by atoms with Crippen LogP contribution in [0.5, 0.6) is 0 Å². The minimum absolute atomic E-state index is 0.0468. The highest BCUT2D eigenvalue weighted by atomic mass is 127. The van der Waals surface area contributed by atoms with E-state index in [4.69, 9.17) is 0 Å². The van der Waals surface area contributed by atoms with E-state index < -0.39 is 0 Å². The van der Waals surface area contributed by atoms with Crippen LogP contribution in [0.25, 0.3) is 10.9 Å². The maximum Gasteiger partial charge on any atom is 0.251 e. The Morgan fingerprint density at radius 3 is 2.91 bits per heavy atom. The molecule has 116 valence electrons. The number of amides is 1. The van der Waals surface area contributed by atoms with Crippen molar-refractivity contribution < 1.29 is 4.79 Å². The first-order chi connectivity index (χ1) is 11.2. The molecular formula is C18H16IN3O. The van der Waals surface area contributed by atoms with Gasteiger partial charge < -0.3 is 5.32 Å². The number of carbonyl (C=O) groups excluding carboxylic acids is 1. The predicted octanol–water partition coefficient (Wildman–Crippen LogP) is 3.97. The van der Waals surface area contributed by atoms with E-state index >= 15 is 0 Å². The van der Waals surface area contributed by atoms with E-state index in [9.17, 15) is 4.79 Å². The number of nitrogens with one attached hydrogen (secondary N) is 2. The van der Waals surface area contributed by atoms with Crippen LogP contribution in [0.2, 0.25) is 0 Å². The van der Waals surface area contributed by atoms with Gasteiger partial charge in [0.2, 0.25) is 0 Å². The van der Waals surface area contributed by atoms with Crippen LogP contribution in [0.4, 0.5) is 0 Å². The number of benzene rings is 2. The third kappa shape index (κ3) is 2.97. The summed E-state index contributed by atoms with van der Waals surface area (Å²) in [7, 11) is 0. The van der Waals surface area contributed by atoms with E-state index in [1.165, 1.54) is 24.0 Å². The Kier molecular flexibility index (Phi) is 3.80. The lowest BCUT2D eigenvalue weighted by molar-refractivity contribution is 0.0951. The number of hydrogen-bond donors (Lipinski definition) is 2. The first-order valence-electron chi connectivity index (χ1n) is 7.72. The first-order valence-corrected chi connectivity index (χ1v) is 8.80. The van der Waals surface area contributed by atoms with Gasteiger partial charge in [0, 0.05) is 17.5 Å². The molecule has 1 aromatic heterocycles. The zero-order valence-electron chi connectivity index (χ0n) is 12.5. The Hall–Kier alpha value is -1.89. The van der Waals surface area contributed by atoms with E-state index in [0.717, 1.165) is 14.6 Å². The van der Waals surface area contributed by atoms with Gasteiger partial charge in [0.05, 0.1) is 5.52 Å². The van der Waals surface area contributed by atoms with E-state index in [-0.39, 0.29) is 5.91 Å². The molecule has 1 heterocycles. The summed E-state index contributed by atoms with van der Waals surface area (Å²) < 4.78 is 0.881. The van der Waals surface area contributed by atoms with Crippen molar-refractivity contribution in [2.45, 2.75) is 25.3 Å². The molecule has 0 unspecified atom stereocenters. The summed E-state index contributed by atoms with van der Waals surface area (Å²) in [5.41, 5.74) is 4.22. The molecule has 0 spiro atoms. The highest BCUT2D eigenvalue weighted by Crippen LogP contribution is 2.41. The topological polar surface area (TPSA) is 57.8 Å². The van der Waals surface area contributed by atoms with Crippen LogP contribution >= 0.6 is 22.6 Å². The molecule has 0 bridgehead atoms. The number of rotatable bonds is 4. The van der Waals surface area contributed by atoms with Gasteiger partial charge in [-0.15, -0.1) is 0 Å².